The molecule has 0 radical (unpaired) electrons. The van der Waals surface area contributed by atoms with Gasteiger partial charge in [0.05, 0.1) is 28.7 Å². The van der Waals surface area contributed by atoms with Crippen LogP contribution in [0.5, 0.6) is 0 Å². The van der Waals surface area contributed by atoms with E-state index in [9.17, 15) is 9.59 Å². The van der Waals surface area contributed by atoms with Crippen LogP contribution in [0.2, 0.25) is 0 Å². The van der Waals surface area contributed by atoms with E-state index in [1.807, 2.05) is 0 Å². The number of carbonyl (C=O) groups excluding carboxylic acids is 2. The highest BCUT2D eigenvalue weighted by Crippen LogP contribution is 2.36. The molecular formula is C23H18N4O2P2S. The molecule has 9 heteroatoms. The normalized spacial score (nSPS) is 11.9. The molecule has 0 aliphatic heterocycles. The van der Waals surface area contributed by atoms with Gasteiger partial charge in [-0.05, 0) is 41.1 Å². The van der Waals surface area contributed by atoms with Gasteiger partial charge in [-0.15, -0.1) is 11.3 Å². The van der Waals surface area contributed by atoms with Gasteiger partial charge in [0, 0.05) is 27.4 Å². The van der Waals surface area contributed by atoms with Crippen LogP contribution in [0.4, 0.5) is 0 Å². The highest BCUT2D eigenvalue weighted by molar-refractivity contribution is 7.62. The van der Waals surface area contributed by atoms with Crippen molar-refractivity contribution in [3.8, 4) is 33.0 Å². The van der Waals surface area contributed by atoms with E-state index in [0.717, 1.165) is 50.6 Å². The molecule has 2 atom stereocenters. The standard InChI is InChI=1S/C23H18N4O2P2S/c1-13-6-14(4-5-17(13)18-9-24-22(26-18)30-11-28)15-2-3-16-8-21(32-20(16)7-15)19-10-25-23(27-19)31-12-29/h2-12,30-31H,1H3,(H,24,26)(H,25,27). The second kappa shape index (κ2) is 8.87. The number of aromatic nitrogens is 4. The van der Waals surface area contributed by atoms with Crippen molar-refractivity contribution in [1.29, 1.82) is 0 Å². The lowest BCUT2D eigenvalue weighted by Gasteiger charge is -2.08. The molecule has 5 rings (SSSR count). The summed E-state index contributed by atoms with van der Waals surface area (Å²) in [7, 11) is 0.0856. The van der Waals surface area contributed by atoms with E-state index in [1.54, 1.807) is 23.7 Å². The van der Waals surface area contributed by atoms with Gasteiger partial charge in [-0.3, -0.25) is 9.59 Å². The Balaban J connectivity index is 1.45. The summed E-state index contributed by atoms with van der Waals surface area (Å²) in [6.07, 6.45) is 3.57. The summed E-state index contributed by atoms with van der Waals surface area (Å²) < 4.78 is 1.20. The molecule has 6 nitrogen and oxygen atoms in total. The van der Waals surface area contributed by atoms with E-state index in [-0.39, 0.29) is 17.2 Å². The van der Waals surface area contributed by atoms with E-state index in [0.29, 0.717) is 11.1 Å². The van der Waals surface area contributed by atoms with Crippen LogP contribution in [-0.4, -0.2) is 32.0 Å². The van der Waals surface area contributed by atoms with Crippen LogP contribution in [0.15, 0.2) is 54.9 Å². The molecule has 0 amide bonds. The summed E-state index contributed by atoms with van der Waals surface area (Å²) in [6, 6.07) is 16.8. The van der Waals surface area contributed by atoms with Gasteiger partial charge in [0.25, 0.3) is 0 Å². The highest BCUT2D eigenvalue weighted by Gasteiger charge is 2.11. The van der Waals surface area contributed by atoms with Gasteiger partial charge in [0.15, 0.2) is 0 Å². The third-order valence-electron chi connectivity index (χ3n) is 5.18. The summed E-state index contributed by atoms with van der Waals surface area (Å²) in [4.78, 5) is 37.6. The first-order valence-electron chi connectivity index (χ1n) is 9.80. The molecule has 0 aliphatic carbocycles. The number of nitrogens with zero attached hydrogens (tertiary/aromatic N) is 2. The Morgan fingerprint density at radius 2 is 1.50 bits per heavy atom. The van der Waals surface area contributed by atoms with Crippen molar-refractivity contribution in [3.05, 3.63) is 60.4 Å². The monoisotopic (exact) mass is 476 g/mol. The van der Waals surface area contributed by atoms with Crippen molar-refractivity contribution in [2.75, 3.05) is 0 Å². The van der Waals surface area contributed by atoms with Crippen molar-refractivity contribution in [2.24, 2.45) is 0 Å². The Morgan fingerprint density at radius 1 is 0.844 bits per heavy atom. The molecule has 0 saturated heterocycles. The SMILES string of the molecule is Cc1cc(-c2ccc3cc(-c4cnc(PC=O)[nH]4)sc3c2)ccc1-c1cnc(PC=O)[nH]1. The predicted molar refractivity (Wildman–Crippen MR) is 137 cm³/mol. The molecule has 0 saturated carbocycles. The third-order valence-corrected chi connectivity index (χ3v) is 7.60. The maximum atomic E-state index is 10.7. The van der Waals surface area contributed by atoms with Gasteiger partial charge in [-0.2, -0.15) is 0 Å². The minimum Gasteiger partial charge on any atom is -0.338 e. The lowest BCUT2D eigenvalue weighted by atomic mass is 9.98. The zero-order valence-corrected chi connectivity index (χ0v) is 19.8. The molecule has 158 valence electrons. The minimum atomic E-state index is 0.0405. The molecule has 2 aromatic carbocycles. The van der Waals surface area contributed by atoms with Gasteiger partial charge >= 0.3 is 0 Å². The highest BCUT2D eigenvalue weighted by atomic mass is 32.1. The number of benzene rings is 2. The second-order valence-electron chi connectivity index (χ2n) is 7.21. The van der Waals surface area contributed by atoms with Crippen LogP contribution in [0.3, 0.4) is 0 Å². The Labute approximate surface area is 191 Å². The Hall–Kier alpha value is -2.98. The van der Waals surface area contributed by atoms with Gasteiger partial charge in [0.2, 0.25) is 0 Å². The van der Waals surface area contributed by atoms with Crippen molar-refractivity contribution < 1.29 is 9.59 Å². The summed E-state index contributed by atoms with van der Waals surface area (Å²) in [5, 5.41) is 1.18. The van der Waals surface area contributed by atoms with E-state index in [2.05, 4.69) is 69.3 Å². The smallest absolute Gasteiger partial charge is 0.146 e. The first-order valence-corrected chi connectivity index (χ1v) is 12.8. The molecule has 5 aromatic rings. The topological polar surface area (TPSA) is 91.5 Å². The first-order chi connectivity index (χ1) is 15.6. The van der Waals surface area contributed by atoms with Gasteiger partial charge < -0.3 is 9.97 Å². The number of hydrogen-bond acceptors (Lipinski definition) is 5. The van der Waals surface area contributed by atoms with Crippen LogP contribution < -0.4 is 11.1 Å². The second-order valence-corrected chi connectivity index (χ2v) is 10.3. The van der Waals surface area contributed by atoms with Gasteiger partial charge in [-0.1, -0.05) is 30.3 Å². The predicted octanol–water partition coefficient (Wildman–Crippen LogP) is 4.64. The maximum Gasteiger partial charge on any atom is 0.146 e. The van der Waals surface area contributed by atoms with Crippen LogP contribution in [0.1, 0.15) is 5.56 Å². The number of hydrogen-bond donors (Lipinski definition) is 2. The van der Waals surface area contributed by atoms with Crippen LogP contribution in [-0.2, 0) is 9.59 Å². The number of carbonyl (C=O) groups is 2. The quantitative estimate of drug-likeness (QED) is 0.264. The first kappa shape index (κ1) is 20.9. The average molecular weight is 476 g/mol. The third kappa shape index (κ3) is 4.07. The summed E-state index contributed by atoms with van der Waals surface area (Å²) in [5.41, 5.74) is 7.79. The Bertz CT molecular complexity index is 1450. The average Bonchev–Trinajstić information content (AvgIpc) is 3.53. The molecule has 2 unspecified atom stereocenters. The van der Waals surface area contributed by atoms with Crippen molar-refractivity contribution >= 4 is 61.8 Å². The number of fused-ring (bicyclic) bond motifs is 1. The van der Waals surface area contributed by atoms with Crippen LogP contribution in [0.25, 0.3) is 43.0 Å². The fourth-order valence-corrected chi connectivity index (χ4v) is 5.63. The number of rotatable bonds is 7. The number of thiophene rings is 1. The van der Waals surface area contributed by atoms with E-state index >= 15 is 0 Å². The number of nitrogens with one attached hydrogen (secondary N) is 2. The molecule has 3 aromatic heterocycles. The summed E-state index contributed by atoms with van der Waals surface area (Å²) >= 11 is 1.70. The summed E-state index contributed by atoms with van der Waals surface area (Å²) in [6.45, 7) is 2.08. The van der Waals surface area contributed by atoms with Crippen molar-refractivity contribution in [3.63, 3.8) is 0 Å². The van der Waals surface area contributed by atoms with Crippen molar-refractivity contribution in [1.82, 2.24) is 19.9 Å². The zero-order valence-electron chi connectivity index (χ0n) is 17.0. The molecule has 32 heavy (non-hydrogen) atoms. The lowest BCUT2D eigenvalue weighted by molar-refractivity contribution is 0.569. The fraction of sp³-hybridized carbons (Fsp3) is 0.0435. The molecule has 0 aliphatic rings. The minimum absolute atomic E-state index is 0.0405. The lowest BCUT2D eigenvalue weighted by Crippen LogP contribution is -1.98. The van der Waals surface area contributed by atoms with Crippen LogP contribution >= 0.6 is 28.5 Å². The maximum absolute atomic E-state index is 10.7. The zero-order chi connectivity index (χ0) is 22.1. The fourth-order valence-electron chi connectivity index (χ4n) is 3.65. The number of H-pyrrole nitrogens is 2. The van der Waals surface area contributed by atoms with E-state index in [4.69, 9.17) is 0 Å². The molecule has 0 fully saturated rings. The number of aryl methyl sites for hydroxylation is 1. The van der Waals surface area contributed by atoms with Gasteiger partial charge in [-0.25, -0.2) is 9.97 Å². The number of imidazole rings is 2. The molecule has 0 spiro atoms. The molecule has 3 heterocycles. The Kier molecular flexibility index (Phi) is 5.79. The largest absolute Gasteiger partial charge is 0.338 e. The number of aromatic amines is 2. The van der Waals surface area contributed by atoms with E-state index < -0.39 is 0 Å². The molecule has 2 N–H and O–H groups in total. The van der Waals surface area contributed by atoms with Gasteiger partial charge in [0.1, 0.15) is 23.2 Å². The van der Waals surface area contributed by atoms with Crippen LogP contribution in [0, 0.1) is 6.92 Å². The Morgan fingerprint density at radius 3 is 2.22 bits per heavy atom. The summed E-state index contributed by atoms with van der Waals surface area (Å²) in [5.74, 6) is 0. The molecule has 0 bridgehead atoms. The van der Waals surface area contributed by atoms with Crippen molar-refractivity contribution in [2.45, 2.75) is 6.92 Å². The molecular weight excluding hydrogens is 458 g/mol. The van der Waals surface area contributed by atoms with E-state index in [1.165, 1.54) is 10.1 Å².